The molecular formula is C20H23N5O. The number of piperidine rings is 1. The highest BCUT2D eigenvalue weighted by Crippen LogP contribution is 2.33. The molecule has 1 aromatic heterocycles. The van der Waals surface area contributed by atoms with Gasteiger partial charge in [0.1, 0.15) is 6.33 Å². The summed E-state index contributed by atoms with van der Waals surface area (Å²) in [5.74, 6) is 1.13. The van der Waals surface area contributed by atoms with Crippen LogP contribution in [0.25, 0.3) is 10.8 Å². The van der Waals surface area contributed by atoms with Gasteiger partial charge in [-0.3, -0.25) is 4.68 Å². The van der Waals surface area contributed by atoms with E-state index in [1.54, 1.807) is 11.0 Å². The van der Waals surface area contributed by atoms with Gasteiger partial charge in [-0.05, 0) is 35.1 Å². The van der Waals surface area contributed by atoms with Crippen molar-refractivity contribution in [3.05, 3.63) is 60.2 Å². The first kappa shape index (κ1) is 16.6. The van der Waals surface area contributed by atoms with Crippen LogP contribution in [0.3, 0.4) is 0 Å². The van der Waals surface area contributed by atoms with Crippen LogP contribution in [-0.2, 0) is 13.6 Å². The molecule has 1 N–H and O–H groups in total. The van der Waals surface area contributed by atoms with E-state index in [9.17, 15) is 4.79 Å². The van der Waals surface area contributed by atoms with Gasteiger partial charge in [0.2, 0.25) is 0 Å². The molecule has 0 radical (unpaired) electrons. The van der Waals surface area contributed by atoms with Crippen molar-refractivity contribution in [3.63, 3.8) is 0 Å². The van der Waals surface area contributed by atoms with Crippen molar-refractivity contribution in [1.82, 2.24) is 25.0 Å². The number of amides is 2. The fraction of sp³-hybridized carbons (Fsp3) is 0.350. The third kappa shape index (κ3) is 3.40. The van der Waals surface area contributed by atoms with Crippen LogP contribution >= 0.6 is 0 Å². The Labute approximate surface area is 152 Å². The average molecular weight is 349 g/mol. The number of likely N-dealkylation sites (tertiary alicyclic amines) is 1. The molecule has 0 bridgehead atoms. The van der Waals surface area contributed by atoms with Crippen molar-refractivity contribution in [1.29, 1.82) is 0 Å². The average Bonchev–Trinajstić information content (AvgIpc) is 3.11. The molecular weight excluding hydrogens is 326 g/mol. The molecule has 4 rings (SSSR count). The predicted molar refractivity (Wildman–Crippen MR) is 101 cm³/mol. The normalized spacial score (nSPS) is 15.3. The van der Waals surface area contributed by atoms with E-state index >= 15 is 0 Å². The monoisotopic (exact) mass is 349 g/mol. The third-order valence-corrected chi connectivity index (χ3v) is 5.09. The molecule has 0 unspecified atom stereocenters. The summed E-state index contributed by atoms with van der Waals surface area (Å²) in [6, 6.07) is 15.0. The van der Waals surface area contributed by atoms with E-state index in [-0.39, 0.29) is 6.03 Å². The first-order valence-electron chi connectivity index (χ1n) is 9.05. The van der Waals surface area contributed by atoms with Crippen molar-refractivity contribution >= 4 is 16.8 Å². The van der Waals surface area contributed by atoms with Crippen molar-refractivity contribution < 1.29 is 4.79 Å². The van der Waals surface area contributed by atoms with Crippen LogP contribution in [0.4, 0.5) is 4.79 Å². The summed E-state index contributed by atoms with van der Waals surface area (Å²) in [6.07, 6.45) is 3.61. The number of hydrogen-bond donors (Lipinski definition) is 1. The van der Waals surface area contributed by atoms with Gasteiger partial charge in [0.25, 0.3) is 0 Å². The van der Waals surface area contributed by atoms with Gasteiger partial charge in [-0.25, -0.2) is 9.78 Å². The number of nitrogens with zero attached hydrogens (tertiary/aromatic N) is 4. The van der Waals surface area contributed by atoms with E-state index in [4.69, 9.17) is 0 Å². The lowest BCUT2D eigenvalue weighted by Gasteiger charge is -2.32. The van der Waals surface area contributed by atoms with Crippen molar-refractivity contribution in [2.75, 3.05) is 13.1 Å². The molecule has 1 aliphatic rings. The fourth-order valence-corrected chi connectivity index (χ4v) is 3.73. The second-order valence-corrected chi connectivity index (χ2v) is 6.82. The maximum Gasteiger partial charge on any atom is 0.317 e. The van der Waals surface area contributed by atoms with Gasteiger partial charge in [-0.1, -0.05) is 42.5 Å². The summed E-state index contributed by atoms with van der Waals surface area (Å²) >= 11 is 0. The number of hydrogen-bond acceptors (Lipinski definition) is 3. The molecule has 26 heavy (non-hydrogen) atoms. The van der Waals surface area contributed by atoms with Crippen molar-refractivity contribution in [2.24, 2.45) is 7.05 Å². The SMILES string of the molecule is Cn1cnc(CNC(=O)N2CCC(c3cccc4ccccc34)CC2)n1. The molecule has 134 valence electrons. The number of aryl methyl sites for hydroxylation is 1. The molecule has 6 heteroatoms. The molecule has 0 spiro atoms. The summed E-state index contributed by atoms with van der Waals surface area (Å²) < 4.78 is 1.64. The topological polar surface area (TPSA) is 63.1 Å². The lowest BCUT2D eigenvalue weighted by Crippen LogP contribution is -2.44. The molecule has 0 aliphatic carbocycles. The highest BCUT2D eigenvalue weighted by atomic mass is 16.2. The number of benzene rings is 2. The number of nitrogens with one attached hydrogen (secondary N) is 1. The van der Waals surface area contributed by atoms with E-state index in [0.29, 0.717) is 18.3 Å². The summed E-state index contributed by atoms with van der Waals surface area (Å²) in [7, 11) is 1.82. The van der Waals surface area contributed by atoms with Crippen LogP contribution in [0.1, 0.15) is 30.1 Å². The largest absolute Gasteiger partial charge is 0.331 e. The Kier molecular flexibility index (Phi) is 4.56. The van der Waals surface area contributed by atoms with Crippen LogP contribution in [-0.4, -0.2) is 38.8 Å². The van der Waals surface area contributed by atoms with E-state index in [1.807, 2.05) is 11.9 Å². The lowest BCUT2D eigenvalue weighted by atomic mass is 9.86. The summed E-state index contributed by atoms with van der Waals surface area (Å²) in [5.41, 5.74) is 1.40. The summed E-state index contributed by atoms with van der Waals surface area (Å²) in [6.45, 7) is 1.91. The Morgan fingerprint density at radius 3 is 2.69 bits per heavy atom. The van der Waals surface area contributed by atoms with Gasteiger partial charge >= 0.3 is 6.03 Å². The Balaban J connectivity index is 1.37. The molecule has 2 amide bonds. The van der Waals surface area contributed by atoms with E-state index in [1.165, 1.54) is 16.3 Å². The minimum absolute atomic E-state index is 0.0335. The molecule has 1 saturated heterocycles. The molecule has 0 saturated carbocycles. The van der Waals surface area contributed by atoms with Crippen LogP contribution < -0.4 is 5.32 Å². The van der Waals surface area contributed by atoms with Gasteiger partial charge in [0, 0.05) is 20.1 Å². The van der Waals surface area contributed by atoms with Gasteiger partial charge in [0.15, 0.2) is 5.82 Å². The van der Waals surface area contributed by atoms with Crippen LogP contribution in [0.5, 0.6) is 0 Å². The second-order valence-electron chi connectivity index (χ2n) is 6.82. The van der Waals surface area contributed by atoms with Crippen molar-refractivity contribution in [2.45, 2.75) is 25.3 Å². The zero-order valence-electron chi connectivity index (χ0n) is 14.9. The zero-order valence-corrected chi connectivity index (χ0v) is 14.9. The van der Waals surface area contributed by atoms with Crippen LogP contribution in [0, 0.1) is 0 Å². The van der Waals surface area contributed by atoms with Crippen molar-refractivity contribution in [3.8, 4) is 0 Å². The maximum absolute atomic E-state index is 12.4. The molecule has 3 aromatic rings. The van der Waals surface area contributed by atoms with Gasteiger partial charge in [-0.15, -0.1) is 0 Å². The lowest BCUT2D eigenvalue weighted by molar-refractivity contribution is 0.181. The molecule has 1 aliphatic heterocycles. The number of carbonyl (C=O) groups is 1. The number of urea groups is 1. The molecule has 2 aromatic carbocycles. The third-order valence-electron chi connectivity index (χ3n) is 5.09. The Bertz CT molecular complexity index is 906. The predicted octanol–water partition coefficient (Wildman–Crippen LogP) is 3.06. The Morgan fingerprint density at radius 1 is 1.15 bits per heavy atom. The van der Waals surface area contributed by atoms with E-state index in [2.05, 4.69) is 57.9 Å². The second kappa shape index (κ2) is 7.15. The van der Waals surface area contributed by atoms with E-state index in [0.717, 1.165) is 25.9 Å². The zero-order chi connectivity index (χ0) is 17.9. The number of rotatable bonds is 3. The molecule has 1 fully saturated rings. The first-order valence-corrected chi connectivity index (χ1v) is 9.05. The molecule has 6 nitrogen and oxygen atoms in total. The maximum atomic E-state index is 12.4. The minimum Gasteiger partial charge on any atom is -0.331 e. The molecule has 0 atom stereocenters. The smallest absolute Gasteiger partial charge is 0.317 e. The van der Waals surface area contributed by atoms with Crippen LogP contribution in [0.15, 0.2) is 48.8 Å². The number of carbonyl (C=O) groups excluding carboxylic acids is 1. The minimum atomic E-state index is -0.0335. The quantitative estimate of drug-likeness (QED) is 0.790. The van der Waals surface area contributed by atoms with Gasteiger partial charge in [-0.2, -0.15) is 5.10 Å². The summed E-state index contributed by atoms with van der Waals surface area (Å²) in [5, 5.41) is 9.71. The van der Waals surface area contributed by atoms with Crippen LogP contribution in [0.2, 0.25) is 0 Å². The number of aromatic nitrogens is 3. The first-order chi connectivity index (χ1) is 12.7. The molecule has 2 heterocycles. The van der Waals surface area contributed by atoms with E-state index < -0.39 is 0 Å². The fourth-order valence-electron chi connectivity index (χ4n) is 3.73. The highest BCUT2D eigenvalue weighted by molar-refractivity contribution is 5.86. The summed E-state index contributed by atoms with van der Waals surface area (Å²) in [4.78, 5) is 18.4. The van der Waals surface area contributed by atoms with Gasteiger partial charge < -0.3 is 10.2 Å². The Hall–Kier alpha value is -2.89. The van der Waals surface area contributed by atoms with Gasteiger partial charge in [0.05, 0.1) is 6.54 Å². The number of fused-ring (bicyclic) bond motifs is 1. The standard InChI is InChI=1S/C20H23N5O/c1-24-14-22-19(23-24)13-21-20(26)25-11-9-16(10-12-25)18-8-4-6-15-5-2-3-7-17(15)18/h2-8,14,16H,9-13H2,1H3,(H,21,26). The Morgan fingerprint density at radius 2 is 1.92 bits per heavy atom. The highest BCUT2D eigenvalue weighted by Gasteiger charge is 2.24.